The van der Waals surface area contributed by atoms with Crippen LogP contribution in [0.25, 0.3) is 22.6 Å². The molecule has 3 heterocycles. The van der Waals surface area contributed by atoms with Crippen LogP contribution in [-0.2, 0) is 20.9 Å². The summed E-state index contributed by atoms with van der Waals surface area (Å²) in [5.41, 5.74) is 2.84. The number of carbonyl (C=O) groups excluding carboxylic acids is 3. The number of fused-ring (bicyclic) bond motifs is 1. The number of H-pyrrole nitrogens is 2. The topological polar surface area (TPSA) is 159 Å². The van der Waals surface area contributed by atoms with E-state index in [1.54, 1.807) is 24.3 Å². The third-order valence-electron chi connectivity index (χ3n) is 5.42. The maximum Gasteiger partial charge on any atom is 0.330 e. The van der Waals surface area contributed by atoms with Gasteiger partial charge in [0.15, 0.2) is 12.3 Å². The molecule has 34 heavy (non-hydrogen) atoms. The quantitative estimate of drug-likeness (QED) is 0.430. The van der Waals surface area contributed by atoms with Crippen molar-refractivity contribution in [1.29, 1.82) is 0 Å². The minimum Gasteiger partial charge on any atom is -0.484 e. The monoisotopic (exact) mass is 466 g/mol. The molecule has 2 aromatic heterocycles. The number of imidazole rings is 1. The van der Waals surface area contributed by atoms with Crippen LogP contribution < -0.4 is 21.4 Å². The normalized spacial score (nSPS) is 13.8. The Hall–Kier alpha value is -4.48. The van der Waals surface area contributed by atoms with Gasteiger partial charge in [-0.05, 0) is 44.5 Å². The number of benzene rings is 1. The lowest BCUT2D eigenvalue weighted by Gasteiger charge is -2.16. The van der Waals surface area contributed by atoms with Gasteiger partial charge in [0.25, 0.3) is 23.3 Å². The summed E-state index contributed by atoms with van der Waals surface area (Å²) >= 11 is 0. The van der Waals surface area contributed by atoms with E-state index in [2.05, 4.69) is 20.4 Å². The standard InChI is InChI=1S/C22H22N6O6/c1-4-9-27-18-16(19(30)25-22(27)33)23-17(24-18)13-5-7-14(8-6-13)34-10-15(29)26-28-20(31)11(2)12(3)21(28)32/h5-8H,4,9-10H2,1-3H3,(H,23,24)(H,26,29)(H,25,30,33). The summed E-state index contributed by atoms with van der Waals surface area (Å²) in [4.78, 5) is 70.1. The molecule has 0 unspecified atom stereocenters. The summed E-state index contributed by atoms with van der Waals surface area (Å²) < 4.78 is 6.84. The van der Waals surface area contributed by atoms with Gasteiger partial charge in [-0.25, -0.2) is 9.78 Å². The molecule has 3 amide bonds. The molecule has 3 aromatic rings. The minimum atomic E-state index is -0.668. The molecule has 1 aromatic carbocycles. The number of nitrogens with zero attached hydrogens (tertiary/aromatic N) is 3. The zero-order valence-corrected chi connectivity index (χ0v) is 18.7. The van der Waals surface area contributed by atoms with E-state index in [0.29, 0.717) is 35.1 Å². The van der Waals surface area contributed by atoms with Crippen molar-refractivity contribution in [3.63, 3.8) is 0 Å². The second-order valence-electron chi connectivity index (χ2n) is 7.74. The number of rotatable bonds is 7. The van der Waals surface area contributed by atoms with E-state index >= 15 is 0 Å². The summed E-state index contributed by atoms with van der Waals surface area (Å²) in [5, 5.41) is 0.668. The van der Waals surface area contributed by atoms with Crippen molar-refractivity contribution in [2.75, 3.05) is 6.61 Å². The highest BCUT2D eigenvalue weighted by Gasteiger charge is 2.34. The third kappa shape index (κ3) is 4.00. The Morgan fingerprint density at radius 2 is 1.68 bits per heavy atom. The Kier molecular flexibility index (Phi) is 5.88. The summed E-state index contributed by atoms with van der Waals surface area (Å²) in [7, 11) is 0. The lowest BCUT2D eigenvalue weighted by molar-refractivity contribution is -0.147. The van der Waals surface area contributed by atoms with Crippen molar-refractivity contribution in [2.45, 2.75) is 33.7 Å². The molecular formula is C22H22N6O6. The number of aryl methyl sites for hydroxylation is 1. The lowest BCUT2D eigenvalue weighted by atomic mass is 10.2. The van der Waals surface area contributed by atoms with E-state index in [1.165, 1.54) is 18.4 Å². The molecule has 0 bridgehead atoms. The van der Waals surface area contributed by atoms with Gasteiger partial charge in [0.2, 0.25) is 0 Å². The maximum atomic E-state index is 12.2. The van der Waals surface area contributed by atoms with E-state index in [0.717, 1.165) is 0 Å². The maximum absolute atomic E-state index is 12.2. The minimum absolute atomic E-state index is 0.200. The van der Waals surface area contributed by atoms with Crippen LogP contribution in [0.15, 0.2) is 45.0 Å². The average Bonchev–Trinajstić information content (AvgIpc) is 3.34. The predicted octanol–water partition coefficient (Wildman–Crippen LogP) is 0.605. The fraction of sp³-hybridized carbons (Fsp3) is 0.273. The number of nitrogens with one attached hydrogen (secondary N) is 3. The first-order valence-electron chi connectivity index (χ1n) is 10.5. The van der Waals surface area contributed by atoms with Gasteiger partial charge in [-0.2, -0.15) is 5.01 Å². The van der Waals surface area contributed by atoms with E-state index in [9.17, 15) is 24.0 Å². The highest BCUT2D eigenvalue weighted by Crippen LogP contribution is 2.22. The Bertz CT molecular complexity index is 1440. The van der Waals surface area contributed by atoms with Crippen LogP contribution in [0.1, 0.15) is 27.2 Å². The Morgan fingerprint density at radius 1 is 1.03 bits per heavy atom. The van der Waals surface area contributed by atoms with Crippen LogP contribution >= 0.6 is 0 Å². The van der Waals surface area contributed by atoms with Crippen molar-refractivity contribution in [1.82, 2.24) is 30.0 Å². The van der Waals surface area contributed by atoms with Crippen LogP contribution in [0.3, 0.4) is 0 Å². The Morgan fingerprint density at radius 3 is 2.29 bits per heavy atom. The molecule has 3 N–H and O–H groups in total. The van der Waals surface area contributed by atoms with E-state index in [1.807, 2.05) is 6.92 Å². The van der Waals surface area contributed by atoms with Gasteiger partial charge in [-0.3, -0.25) is 34.2 Å². The van der Waals surface area contributed by atoms with Crippen LogP contribution in [0.5, 0.6) is 5.75 Å². The number of carbonyl (C=O) groups is 3. The number of imide groups is 1. The molecule has 0 radical (unpaired) electrons. The molecule has 1 aliphatic heterocycles. The summed E-state index contributed by atoms with van der Waals surface area (Å²) in [6.45, 7) is 4.93. The molecule has 12 nitrogen and oxygen atoms in total. The second-order valence-corrected chi connectivity index (χ2v) is 7.74. The van der Waals surface area contributed by atoms with Crippen molar-refractivity contribution in [3.8, 4) is 17.1 Å². The predicted molar refractivity (Wildman–Crippen MR) is 121 cm³/mol. The number of amides is 3. The van der Waals surface area contributed by atoms with Gasteiger partial charge in [-0.15, -0.1) is 0 Å². The van der Waals surface area contributed by atoms with Gasteiger partial charge >= 0.3 is 5.69 Å². The van der Waals surface area contributed by atoms with E-state index in [-0.39, 0.29) is 22.3 Å². The van der Waals surface area contributed by atoms with Crippen LogP contribution in [-0.4, -0.2) is 48.9 Å². The van der Waals surface area contributed by atoms with Crippen LogP contribution in [0, 0.1) is 0 Å². The SMILES string of the molecule is CCCn1c(=O)[nH]c(=O)c2[nH]c(-c3ccc(OCC(=O)NN4C(=O)C(C)=C(C)C4=O)cc3)nc21. The van der Waals surface area contributed by atoms with Crippen molar-refractivity contribution >= 4 is 28.9 Å². The van der Waals surface area contributed by atoms with Gasteiger partial charge in [0.05, 0.1) is 0 Å². The molecule has 4 rings (SSSR count). The van der Waals surface area contributed by atoms with E-state index in [4.69, 9.17) is 4.74 Å². The Balaban J connectivity index is 1.45. The highest BCUT2D eigenvalue weighted by molar-refractivity contribution is 6.19. The zero-order valence-electron chi connectivity index (χ0n) is 18.7. The van der Waals surface area contributed by atoms with Crippen LogP contribution in [0.2, 0.25) is 0 Å². The third-order valence-corrected chi connectivity index (χ3v) is 5.42. The van der Waals surface area contributed by atoms with Gasteiger partial charge in [0.1, 0.15) is 17.1 Å². The average molecular weight is 466 g/mol. The van der Waals surface area contributed by atoms with Crippen molar-refractivity contribution in [3.05, 3.63) is 56.2 Å². The molecule has 0 saturated heterocycles. The number of hydrogen-bond donors (Lipinski definition) is 3. The zero-order chi connectivity index (χ0) is 24.6. The van der Waals surface area contributed by atoms with Gasteiger partial charge in [-0.1, -0.05) is 6.92 Å². The Labute approximate surface area is 192 Å². The molecule has 0 aliphatic carbocycles. The molecule has 0 fully saturated rings. The summed E-state index contributed by atoms with van der Waals surface area (Å²) in [6.07, 6.45) is 0.693. The lowest BCUT2D eigenvalue weighted by Crippen LogP contribution is -2.48. The van der Waals surface area contributed by atoms with Crippen molar-refractivity contribution < 1.29 is 19.1 Å². The number of aromatic nitrogens is 4. The van der Waals surface area contributed by atoms with Crippen LogP contribution in [0.4, 0.5) is 0 Å². The molecule has 176 valence electrons. The highest BCUT2D eigenvalue weighted by atomic mass is 16.5. The number of aromatic amines is 2. The molecule has 0 atom stereocenters. The number of hydrazine groups is 1. The van der Waals surface area contributed by atoms with Gasteiger partial charge < -0.3 is 9.72 Å². The molecular weight excluding hydrogens is 444 g/mol. The summed E-state index contributed by atoms with van der Waals surface area (Å²) in [5.74, 6) is -1.06. The number of hydrogen-bond acceptors (Lipinski definition) is 7. The molecule has 1 aliphatic rings. The smallest absolute Gasteiger partial charge is 0.330 e. The fourth-order valence-corrected chi connectivity index (χ4v) is 3.47. The first kappa shape index (κ1) is 22.7. The largest absolute Gasteiger partial charge is 0.484 e. The molecule has 0 saturated carbocycles. The van der Waals surface area contributed by atoms with Crippen molar-refractivity contribution in [2.24, 2.45) is 0 Å². The number of ether oxygens (including phenoxy) is 1. The molecule has 0 spiro atoms. The second kappa shape index (κ2) is 8.81. The first-order chi connectivity index (χ1) is 16.2. The van der Waals surface area contributed by atoms with E-state index < -0.39 is 35.6 Å². The fourth-order valence-electron chi connectivity index (χ4n) is 3.47. The van der Waals surface area contributed by atoms with Gasteiger partial charge in [0, 0.05) is 23.3 Å². The summed E-state index contributed by atoms with van der Waals surface area (Å²) in [6, 6.07) is 6.54. The first-order valence-corrected chi connectivity index (χ1v) is 10.5. The molecule has 12 heteroatoms.